The normalized spacial score (nSPS) is 26.2. The van der Waals surface area contributed by atoms with Gasteiger partial charge in [0.2, 0.25) is 0 Å². The van der Waals surface area contributed by atoms with Gasteiger partial charge in [-0.15, -0.1) is 0 Å². The van der Waals surface area contributed by atoms with E-state index in [9.17, 15) is 0 Å². The van der Waals surface area contributed by atoms with E-state index in [2.05, 4.69) is 21.2 Å². The molecule has 0 spiro atoms. The van der Waals surface area contributed by atoms with E-state index in [1.54, 1.807) is 0 Å². The zero-order chi connectivity index (χ0) is 6.85. The second-order valence-electron chi connectivity index (χ2n) is 2.02. The first-order valence-electron chi connectivity index (χ1n) is 2.79. The van der Waals surface area contributed by atoms with E-state index in [1.807, 2.05) is 19.2 Å². The maximum absolute atomic E-state index is 5.57. The smallest absolute Gasteiger partial charge is 0.0566 e. The predicted molar refractivity (Wildman–Crippen MR) is 41.9 cm³/mol. The molecular formula is C6H9BrN2. The molecule has 9 heavy (non-hydrogen) atoms. The number of dihydropyridines is 1. The Morgan fingerprint density at radius 1 is 1.78 bits per heavy atom. The minimum atomic E-state index is 0.315. The Kier molecular flexibility index (Phi) is 1.81. The third kappa shape index (κ3) is 1.27. The van der Waals surface area contributed by atoms with Crippen molar-refractivity contribution in [3.8, 4) is 0 Å². The number of rotatable bonds is 0. The molecule has 3 N–H and O–H groups in total. The van der Waals surface area contributed by atoms with Crippen LogP contribution in [0, 0.1) is 0 Å². The lowest BCUT2D eigenvalue weighted by Gasteiger charge is -2.16. The van der Waals surface area contributed by atoms with Gasteiger partial charge in [0.05, 0.1) is 6.04 Å². The molecule has 50 valence electrons. The van der Waals surface area contributed by atoms with Crippen LogP contribution in [0.25, 0.3) is 0 Å². The summed E-state index contributed by atoms with van der Waals surface area (Å²) in [6, 6.07) is 0.315. The zero-order valence-corrected chi connectivity index (χ0v) is 6.77. The minimum absolute atomic E-state index is 0.315. The van der Waals surface area contributed by atoms with Crippen LogP contribution < -0.4 is 11.1 Å². The molecule has 0 saturated carbocycles. The van der Waals surface area contributed by atoms with E-state index in [0.717, 1.165) is 10.2 Å². The zero-order valence-electron chi connectivity index (χ0n) is 5.19. The lowest BCUT2D eigenvalue weighted by Crippen LogP contribution is -2.25. The van der Waals surface area contributed by atoms with Gasteiger partial charge in [-0.25, -0.2) is 0 Å². The highest BCUT2D eigenvalue weighted by Crippen LogP contribution is 2.16. The summed E-state index contributed by atoms with van der Waals surface area (Å²) >= 11 is 3.36. The van der Waals surface area contributed by atoms with Crippen LogP contribution in [-0.2, 0) is 0 Å². The molecule has 0 amide bonds. The highest BCUT2D eigenvalue weighted by Gasteiger charge is 2.08. The molecule has 1 unspecified atom stereocenters. The number of nitrogens with two attached hydrogens (primary N) is 1. The molecule has 0 fully saturated rings. The van der Waals surface area contributed by atoms with E-state index in [0.29, 0.717) is 6.04 Å². The number of nitrogens with one attached hydrogen (secondary N) is 1. The van der Waals surface area contributed by atoms with E-state index < -0.39 is 0 Å². The summed E-state index contributed by atoms with van der Waals surface area (Å²) in [6.45, 7) is 2.04. The quantitative estimate of drug-likeness (QED) is 0.597. The van der Waals surface area contributed by atoms with Crippen LogP contribution >= 0.6 is 15.9 Å². The molecule has 0 aromatic rings. The van der Waals surface area contributed by atoms with Crippen molar-refractivity contribution in [3.63, 3.8) is 0 Å². The molecule has 1 heterocycles. The number of halogens is 1. The fraction of sp³-hybridized carbons (Fsp3) is 0.333. The van der Waals surface area contributed by atoms with Crippen LogP contribution in [-0.4, -0.2) is 6.04 Å². The monoisotopic (exact) mass is 188 g/mol. The molecule has 0 aromatic carbocycles. The number of allylic oxidation sites excluding steroid dienone is 1. The van der Waals surface area contributed by atoms with Gasteiger partial charge < -0.3 is 11.1 Å². The Hall–Kier alpha value is -0.440. The van der Waals surface area contributed by atoms with Crippen molar-refractivity contribution in [1.82, 2.24) is 5.32 Å². The van der Waals surface area contributed by atoms with Gasteiger partial charge in [0.1, 0.15) is 0 Å². The van der Waals surface area contributed by atoms with E-state index in [-0.39, 0.29) is 0 Å². The Morgan fingerprint density at radius 3 is 2.89 bits per heavy atom. The summed E-state index contributed by atoms with van der Waals surface area (Å²) in [4.78, 5) is 0. The van der Waals surface area contributed by atoms with Crippen molar-refractivity contribution >= 4 is 15.9 Å². The van der Waals surface area contributed by atoms with Crippen molar-refractivity contribution in [3.05, 3.63) is 22.5 Å². The molecule has 0 aromatic heterocycles. The van der Waals surface area contributed by atoms with E-state index in [1.165, 1.54) is 0 Å². The molecule has 2 nitrogen and oxygen atoms in total. The number of hydrogen-bond acceptors (Lipinski definition) is 2. The van der Waals surface area contributed by atoms with Crippen LogP contribution in [0.5, 0.6) is 0 Å². The molecule has 1 aliphatic rings. The SMILES string of the molecule is CC1NC=CC(N)=C1Br. The first-order valence-corrected chi connectivity index (χ1v) is 3.59. The highest BCUT2D eigenvalue weighted by atomic mass is 79.9. The van der Waals surface area contributed by atoms with Crippen molar-refractivity contribution in [2.75, 3.05) is 0 Å². The third-order valence-corrected chi connectivity index (χ3v) is 2.41. The maximum atomic E-state index is 5.57. The van der Waals surface area contributed by atoms with Gasteiger partial charge in [0, 0.05) is 10.2 Å². The van der Waals surface area contributed by atoms with Crippen molar-refractivity contribution in [2.24, 2.45) is 5.73 Å². The van der Waals surface area contributed by atoms with Crippen LogP contribution in [0.15, 0.2) is 22.5 Å². The standard InChI is InChI=1S/C6H9BrN2/c1-4-6(7)5(8)2-3-9-4/h2-4,9H,8H2,1H3. The van der Waals surface area contributed by atoms with Gasteiger partial charge >= 0.3 is 0 Å². The van der Waals surface area contributed by atoms with Gasteiger partial charge in [0.25, 0.3) is 0 Å². The fourth-order valence-electron chi connectivity index (χ4n) is 0.685. The maximum Gasteiger partial charge on any atom is 0.0566 e. The predicted octanol–water partition coefficient (Wildman–Crippen LogP) is 1.06. The van der Waals surface area contributed by atoms with E-state index in [4.69, 9.17) is 5.73 Å². The Bertz CT molecular complexity index is 172. The molecule has 1 atom stereocenters. The van der Waals surface area contributed by atoms with Crippen LogP contribution in [0.2, 0.25) is 0 Å². The Balaban J connectivity index is 2.83. The van der Waals surface area contributed by atoms with Gasteiger partial charge in [-0.3, -0.25) is 0 Å². The van der Waals surface area contributed by atoms with Crippen molar-refractivity contribution < 1.29 is 0 Å². The largest absolute Gasteiger partial charge is 0.398 e. The summed E-state index contributed by atoms with van der Waals surface area (Å²) < 4.78 is 1.03. The van der Waals surface area contributed by atoms with E-state index >= 15 is 0 Å². The lowest BCUT2D eigenvalue weighted by molar-refractivity contribution is 0.744. The first-order chi connectivity index (χ1) is 4.22. The molecule has 1 aliphatic heterocycles. The molecule has 0 bridgehead atoms. The summed E-state index contributed by atoms with van der Waals surface area (Å²) in [6.07, 6.45) is 3.69. The lowest BCUT2D eigenvalue weighted by atomic mass is 10.2. The van der Waals surface area contributed by atoms with Crippen LogP contribution in [0.3, 0.4) is 0 Å². The van der Waals surface area contributed by atoms with Gasteiger partial charge in [-0.2, -0.15) is 0 Å². The molecule has 0 radical (unpaired) electrons. The third-order valence-electron chi connectivity index (χ3n) is 1.27. The molecule has 0 saturated heterocycles. The topological polar surface area (TPSA) is 38.0 Å². The van der Waals surface area contributed by atoms with Crippen molar-refractivity contribution in [2.45, 2.75) is 13.0 Å². The van der Waals surface area contributed by atoms with Crippen LogP contribution in [0.4, 0.5) is 0 Å². The average molecular weight is 189 g/mol. The van der Waals surface area contributed by atoms with Crippen molar-refractivity contribution in [1.29, 1.82) is 0 Å². The summed E-state index contributed by atoms with van der Waals surface area (Å²) in [5, 5.41) is 3.10. The highest BCUT2D eigenvalue weighted by molar-refractivity contribution is 9.11. The summed E-state index contributed by atoms with van der Waals surface area (Å²) in [7, 11) is 0. The van der Waals surface area contributed by atoms with Gasteiger partial charge in [-0.1, -0.05) is 15.9 Å². The van der Waals surface area contributed by atoms with Gasteiger partial charge in [0.15, 0.2) is 0 Å². The molecular weight excluding hydrogens is 180 g/mol. The summed E-state index contributed by atoms with van der Waals surface area (Å²) in [5.41, 5.74) is 6.38. The summed E-state index contributed by atoms with van der Waals surface area (Å²) in [5.74, 6) is 0. The Labute approximate surface area is 62.9 Å². The molecule has 1 rings (SSSR count). The van der Waals surface area contributed by atoms with Crippen LogP contribution in [0.1, 0.15) is 6.92 Å². The number of hydrogen-bond donors (Lipinski definition) is 2. The Morgan fingerprint density at radius 2 is 2.44 bits per heavy atom. The minimum Gasteiger partial charge on any atom is -0.398 e. The molecule has 0 aliphatic carbocycles. The molecule has 3 heteroatoms. The second-order valence-corrected chi connectivity index (χ2v) is 2.88. The second kappa shape index (κ2) is 2.43. The fourth-order valence-corrected chi connectivity index (χ4v) is 0.949. The van der Waals surface area contributed by atoms with Gasteiger partial charge in [-0.05, 0) is 19.2 Å². The first kappa shape index (κ1) is 6.68. The average Bonchev–Trinajstić information content (AvgIpc) is 1.83.